The van der Waals surface area contributed by atoms with Gasteiger partial charge < -0.3 is 9.73 Å². The second kappa shape index (κ2) is 8.46. The van der Waals surface area contributed by atoms with Gasteiger partial charge in [-0.2, -0.15) is 0 Å². The minimum Gasteiger partial charge on any atom is -0.408 e. The zero-order valence-electron chi connectivity index (χ0n) is 16.0. The van der Waals surface area contributed by atoms with Crippen LogP contribution in [0.15, 0.2) is 57.7 Å². The van der Waals surface area contributed by atoms with Crippen molar-refractivity contribution in [2.45, 2.75) is 57.5 Å². The molecular formula is C23H26N2O3. The standard InChI is InChI=1S/C23H26N2O3/c26-22(24-19-11-7-2-1-3-8-12-19)18-13-14-21-20(15-18)25(23(27)28-21)16-17-9-5-4-6-10-17/h4-6,9-10,13-15,19H,1-3,7-8,11-12,16H2,(H,24,26). The van der Waals surface area contributed by atoms with Gasteiger partial charge in [-0.25, -0.2) is 4.79 Å². The highest BCUT2D eigenvalue weighted by molar-refractivity contribution is 5.97. The second-order valence-electron chi connectivity index (χ2n) is 7.64. The molecule has 1 aliphatic rings. The average Bonchev–Trinajstić information content (AvgIpc) is 2.99. The molecule has 1 fully saturated rings. The van der Waals surface area contributed by atoms with Gasteiger partial charge in [-0.3, -0.25) is 9.36 Å². The highest BCUT2D eigenvalue weighted by atomic mass is 16.4. The Morgan fingerprint density at radius 1 is 1.00 bits per heavy atom. The first-order chi connectivity index (χ1) is 13.7. The maximum atomic E-state index is 12.8. The maximum absolute atomic E-state index is 12.8. The number of amides is 1. The quantitative estimate of drug-likeness (QED) is 0.728. The molecule has 5 heteroatoms. The first kappa shape index (κ1) is 18.5. The first-order valence-corrected chi connectivity index (χ1v) is 10.2. The van der Waals surface area contributed by atoms with Crippen LogP contribution in [0, 0.1) is 0 Å². The summed E-state index contributed by atoms with van der Waals surface area (Å²) in [5.41, 5.74) is 2.73. The van der Waals surface area contributed by atoms with Gasteiger partial charge in [-0.05, 0) is 36.6 Å². The van der Waals surface area contributed by atoms with E-state index in [0.29, 0.717) is 23.2 Å². The zero-order valence-corrected chi connectivity index (χ0v) is 16.0. The Labute approximate surface area is 164 Å². The molecule has 1 saturated carbocycles. The summed E-state index contributed by atoms with van der Waals surface area (Å²) in [6.07, 6.45) is 8.22. The van der Waals surface area contributed by atoms with Gasteiger partial charge in [0.15, 0.2) is 5.58 Å². The first-order valence-electron chi connectivity index (χ1n) is 10.2. The molecule has 5 nitrogen and oxygen atoms in total. The highest BCUT2D eigenvalue weighted by Gasteiger charge is 2.17. The Balaban J connectivity index is 1.57. The van der Waals surface area contributed by atoms with E-state index in [0.717, 1.165) is 18.4 Å². The van der Waals surface area contributed by atoms with E-state index in [4.69, 9.17) is 4.42 Å². The van der Waals surface area contributed by atoms with E-state index < -0.39 is 5.76 Å². The molecule has 0 radical (unpaired) electrons. The van der Waals surface area contributed by atoms with Crippen LogP contribution in [0.4, 0.5) is 0 Å². The van der Waals surface area contributed by atoms with E-state index >= 15 is 0 Å². The van der Waals surface area contributed by atoms with Crippen molar-refractivity contribution in [2.75, 3.05) is 0 Å². The number of fused-ring (bicyclic) bond motifs is 1. The monoisotopic (exact) mass is 378 g/mol. The van der Waals surface area contributed by atoms with Crippen molar-refractivity contribution in [3.8, 4) is 0 Å². The molecule has 0 unspecified atom stereocenters. The summed E-state index contributed by atoms with van der Waals surface area (Å²) >= 11 is 0. The Morgan fingerprint density at radius 2 is 1.71 bits per heavy atom. The molecule has 0 aliphatic heterocycles. The van der Waals surface area contributed by atoms with Gasteiger partial charge in [0.1, 0.15) is 0 Å². The lowest BCUT2D eigenvalue weighted by Gasteiger charge is -2.21. The van der Waals surface area contributed by atoms with Crippen molar-refractivity contribution < 1.29 is 9.21 Å². The molecule has 2 aromatic carbocycles. The SMILES string of the molecule is O=C(NC1CCCCCCC1)c1ccc2oc(=O)n(Cc3ccccc3)c2c1. The molecule has 146 valence electrons. The van der Waals surface area contributed by atoms with Crippen LogP contribution >= 0.6 is 0 Å². The molecule has 0 saturated heterocycles. The predicted molar refractivity (Wildman–Crippen MR) is 110 cm³/mol. The number of nitrogens with zero attached hydrogens (tertiary/aromatic N) is 1. The summed E-state index contributed by atoms with van der Waals surface area (Å²) in [4.78, 5) is 25.1. The van der Waals surface area contributed by atoms with Crippen LogP contribution in [0.2, 0.25) is 0 Å². The van der Waals surface area contributed by atoms with Gasteiger partial charge in [-0.15, -0.1) is 0 Å². The van der Waals surface area contributed by atoms with Crippen molar-refractivity contribution in [3.63, 3.8) is 0 Å². The Hall–Kier alpha value is -2.82. The zero-order chi connectivity index (χ0) is 19.3. The summed E-state index contributed by atoms with van der Waals surface area (Å²) in [7, 11) is 0. The molecule has 1 heterocycles. The van der Waals surface area contributed by atoms with Crippen molar-refractivity contribution in [1.29, 1.82) is 0 Å². The van der Waals surface area contributed by atoms with Crippen molar-refractivity contribution in [1.82, 2.24) is 9.88 Å². The molecule has 1 N–H and O–H groups in total. The number of rotatable bonds is 4. The van der Waals surface area contributed by atoms with Gasteiger partial charge >= 0.3 is 5.76 Å². The van der Waals surface area contributed by atoms with Crippen molar-refractivity contribution in [2.24, 2.45) is 0 Å². The topological polar surface area (TPSA) is 64.2 Å². The van der Waals surface area contributed by atoms with Gasteiger partial charge in [-0.1, -0.05) is 62.4 Å². The predicted octanol–water partition coefficient (Wildman–Crippen LogP) is 4.49. The fraction of sp³-hybridized carbons (Fsp3) is 0.391. The summed E-state index contributed by atoms with van der Waals surface area (Å²) in [6, 6.07) is 15.2. The van der Waals surface area contributed by atoms with E-state index in [2.05, 4.69) is 5.32 Å². The van der Waals surface area contributed by atoms with Crippen LogP contribution in [0.5, 0.6) is 0 Å². The third-order valence-electron chi connectivity index (χ3n) is 5.55. The summed E-state index contributed by atoms with van der Waals surface area (Å²) in [5.74, 6) is -0.483. The Kier molecular flexibility index (Phi) is 5.60. The average molecular weight is 378 g/mol. The van der Waals surface area contributed by atoms with E-state index in [1.807, 2.05) is 30.3 Å². The fourth-order valence-corrected chi connectivity index (χ4v) is 3.99. The molecule has 1 amide bonds. The summed E-state index contributed by atoms with van der Waals surface area (Å²) < 4.78 is 6.94. The number of carbonyl (C=O) groups excluding carboxylic acids is 1. The van der Waals surface area contributed by atoms with E-state index in [1.54, 1.807) is 22.8 Å². The van der Waals surface area contributed by atoms with Crippen LogP contribution in [-0.4, -0.2) is 16.5 Å². The number of nitrogens with one attached hydrogen (secondary N) is 1. The van der Waals surface area contributed by atoms with Crippen LogP contribution < -0.4 is 11.1 Å². The maximum Gasteiger partial charge on any atom is 0.420 e. The Morgan fingerprint density at radius 3 is 2.46 bits per heavy atom. The molecule has 1 aromatic heterocycles. The van der Waals surface area contributed by atoms with Gasteiger partial charge in [0.2, 0.25) is 0 Å². The third-order valence-corrected chi connectivity index (χ3v) is 5.55. The Bertz CT molecular complexity index is 996. The minimum atomic E-state index is -0.406. The normalized spacial score (nSPS) is 15.9. The molecule has 0 bridgehead atoms. The lowest BCUT2D eigenvalue weighted by atomic mass is 9.96. The molecule has 3 aromatic rings. The summed E-state index contributed by atoms with van der Waals surface area (Å²) in [6.45, 7) is 0.417. The van der Waals surface area contributed by atoms with Crippen LogP contribution in [-0.2, 0) is 6.54 Å². The van der Waals surface area contributed by atoms with Gasteiger partial charge in [0.05, 0.1) is 12.1 Å². The number of hydrogen-bond acceptors (Lipinski definition) is 3. The molecule has 0 spiro atoms. The van der Waals surface area contributed by atoms with E-state index in [-0.39, 0.29) is 11.9 Å². The molecule has 1 aliphatic carbocycles. The van der Waals surface area contributed by atoms with Gasteiger partial charge in [0.25, 0.3) is 5.91 Å². The third kappa shape index (κ3) is 4.19. The number of benzene rings is 2. The fourth-order valence-electron chi connectivity index (χ4n) is 3.99. The second-order valence-corrected chi connectivity index (χ2v) is 7.64. The van der Waals surface area contributed by atoms with E-state index in [1.165, 1.54) is 32.1 Å². The highest BCUT2D eigenvalue weighted by Crippen LogP contribution is 2.19. The number of oxazole rings is 1. The van der Waals surface area contributed by atoms with Crippen LogP contribution in [0.3, 0.4) is 0 Å². The van der Waals surface area contributed by atoms with E-state index in [9.17, 15) is 9.59 Å². The van der Waals surface area contributed by atoms with Crippen LogP contribution in [0.1, 0.15) is 60.9 Å². The molecule has 0 atom stereocenters. The molecular weight excluding hydrogens is 352 g/mol. The van der Waals surface area contributed by atoms with Crippen molar-refractivity contribution >= 4 is 17.0 Å². The smallest absolute Gasteiger partial charge is 0.408 e. The number of hydrogen-bond donors (Lipinski definition) is 1. The van der Waals surface area contributed by atoms with Gasteiger partial charge in [0, 0.05) is 11.6 Å². The minimum absolute atomic E-state index is 0.0765. The van der Waals surface area contributed by atoms with Crippen LogP contribution in [0.25, 0.3) is 11.1 Å². The lowest BCUT2D eigenvalue weighted by Crippen LogP contribution is -2.35. The largest absolute Gasteiger partial charge is 0.420 e. The lowest BCUT2D eigenvalue weighted by molar-refractivity contribution is 0.0930. The van der Waals surface area contributed by atoms with Crippen molar-refractivity contribution in [3.05, 3.63) is 70.2 Å². The molecule has 4 rings (SSSR count). The number of carbonyl (C=O) groups is 1. The summed E-state index contributed by atoms with van der Waals surface area (Å²) in [5, 5.41) is 3.19. The molecule has 28 heavy (non-hydrogen) atoms. The number of aromatic nitrogens is 1.